The number of nitro groups is 1. The Bertz CT molecular complexity index is 339. The molecule has 0 bridgehead atoms. The Morgan fingerprint density at radius 3 is 2.79 bits per heavy atom. The molecule has 0 amide bonds. The highest BCUT2D eigenvalue weighted by Crippen LogP contribution is 2.23. The number of nitro benzene ring substituents is 1. The van der Waals surface area contributed by atoms with E-state index >= 15 is 0 Å². The van der Waals surface area contributed by atoms with Gasteiger partial charge in [-0.3, -0.25) is 10.1 Å². The summed E-state index contributed by atoms with van der Waals surface area (Å²) in [7, 11) is 1.53. The predicted octanol–water partition coefficient (Wildman–Crippen LogP) is 1.10. The third-order valence-electron chi connectivity index (χ3n) is 1.89. The van der Waals surface area contributed by atoms with Gasteiger partial charge in [-0.25, -0.2) is 0 Å². The average molecular weight is 196 g/mol. The first-order valence-corrected chi connectivity index (χ1v) is 4.20. The second kappa shape index (κ2) is 4.57. The molecule has 0 fully saturated rings. The Labute approximate surface area is 81.6 Å². The summed E-state index contributed by atoms with van der Waals surface area (Å²) in [6, 6.07) is 4.49. The molecule has 1 aromatic rings. The molecule has 0 aliphatic carbocycles. The first-order valence-electron chi connectivity index (χ1n) is 4.20. The molecule has 5 nitrogen and oxygen atoms in total. The zero-order valence-electron chi connectivity index (χ0n) is 7.90. The first-order chi connectivity index (χ1) is 6.69. The van der Waals surface area contributed by atoms with E-state index in [1.165, 1.54) is 19.2 Å². The topological polar surface area (TPSA) is 78.4 Å². The first kappa shape index (κ1) is 10.5. The summed E-state index contributed by atoms with van der Waals surface area (Å²) < 4.78 is 5.05. The number of non-ortho nitro benzene ring substituents is 1. The molecule has 0 aromatic heterocycles. The van der Waals surface area contributed by atoms with E-state index in [9.17, 15) is 10.1 Å². The van der Waals surface area contributed by atoms with E-state index in [1.807, 2.05) is 0 Å². The van der Waals surface area contributed by atoms with Crippen LogP contribution in [0.4, 0.5) is 5.69 Å². The maximum absolute atomic E-state index is 10.5. The van der Waals surface area contributed by atoms with Gasteiger partial charge in [-0.05, 0) is 19.0 Å². The van der Waals surface area contributed by atoms with Crippen molar-refractivity contribution in [2.24, 2.45) is 5.73 Å². The summed E-state index contributed by atoms with van der Waals surface area (Å²) in [5.41, 5.74) is 6.22. The van der Waals surface area contributed by atoms with E-state index in [0.717, 1.165) is 5.56 Å². The normalized spacial score (nSPS) is 9.86. The van der Waals surface area contributed by atoms with Crippen LogP contribution >= 0.6 is 0 Å². The number of hydrogen-bond acceptors (Lipinski definition) is 4. The monoisotopic (exact) mass is 196 g/mol. The summed E-state index contributed by atoms with van der Waals surface area (Å²) >= 11 is 0. The van der Waals surface area contributed by atoms with Gasteiger partial charge in [0, 0.05) is 17.7 Å². The van der Waals surface area contributed by atoms with E-state index in [4.69, 9.17) is 10.5 Å². The van der Waals surface area contributed by atoms with Crippen LogP contribution in [0, 0.1) is 10.1 Å². The molecule has 0 saturated carbocycles. The molecule has 0 unspecified atom stereocenters. The number of nitrogens with two attached hydrogens (primary N) is 1. The molecule has 0 saturated heterocycles. The molecular formula is C9H12N2O3. The van der Waals surface area contributed by atoms with Gasteiger partial charge in [0.1, 0.15) is 5.75 Å². The van der Waals surface area contributed by atoms with Crippen LogP contribution in [0.25, 0.3) is 0 Å². The van der Waals surface area contributed by atoms with E-state index < -0.39 is 4.92 Å². The second-order valence-electron chi connectivity index (χ2n) is 2.79. The van der Waals surface area contributed by atoms with Crippen LogP contribution < -0.4 is 10.5 Å². The summed E-state index contributed by atoms with van der Waals surface area (Å²) in [6.45, 7) is 0.442. The molecule has 2 N–H and O–H groups in total. The van der Waals surface area contributed by atoms with Crippen LogP contribution in [-0.4, -0.2) is 18.6 Å². The number of rotatable bonds is 4. The standard InChI is InChI=1S/C9H12N2O3/c1-14-9-3-2-8(11(12)13)6-7(9)4-5-10/h2-3,6H,4-5,10H2,1H3. The van der Waals surface area contributed by atoms with Crippen LogP contribution in [0.1, 0.15) is 5.56 Å². The third-order valence-corrected chi connectivity index (χ3v) is 1.89. The fourth-order valence-electron chi connectivity index (χ4n) is 1.23. The Hall–Kier alpha value is -1.62. The SMILES string of the molecule is COc1ccc([N+](=O)[O-])cc1CCN. The van der Waals surface area contributed by atoms with E-state index in [2.05, 4.69) is 0 Å². The molecule has 1 rings (SSSR count). The van der Waals surface area contributed by atoms with E-state index in [0.29, 0.717) is 18.7 Å². The maximum Gasteiger partial charge on any atom is 0.269 e. The summed E-state index contributed by atoms with van der Waals surface area (Å²) in [5, 5.41) is 10.5. The third kappa shape index (κ3) is 2.20. The van der Waals surface area contributed by atoms with Gasteiger partial charge in [0.05, 0.1) is 12.0 Å². The molecule has 1 aromatic carbocycles. The minimum absolute atomic E-state index is 0.0641. The Morgan fingerprint density at radius 1 is 1.57 bits per heavy atom. The van der Waals surface area contributed by atoms with Gasteiger partial charge < -0.3 is 10.5 Å². The van der Waals surface area contributed by atoms with Crippen molar-refractivity contribution in [3.63, 3.8) is 0 Å². The van der Waals surface area contributed by atoms with Gasteiger partial charge in [0.25, 0.3) is 5.69 Å². The zero-order chi connectivity index (χ0) is 10.6. The van der Waals surface area contributed by atoms with Crippen molar-refractivity contribution in [1.29, 1.82) is 0 Å². The van der Waals surface area contributed by atoms with Gasteiger partial charge in [0.2, 0.25) is 0 Å². The highest BCUT2D eigenvalue weighted by Gasteiger charge is 2.10. The van der Waals surface area contributed by atoms with Gasteiger partial charge >= 0.3 is 0 Å². The van der Waals surface area contributed by atoms with E-state index in [-0.39, 0.29) is 5.69 Å². The van der Waals surface area contributed by atoms with Crippen molar-refractivity contribution in [3.05, 3.63) is 33.9 Å². The molecule has 0 aliphatic heterocycles. The van der Waals surface area contributed by atoms with Crippen LogP contribution in [0.5, 0.6) is 5.75 Å². The van der Waals surface area contributed by atoms with Gasteiger partial charge in [-0.2, -0.15) is 0 Å². The van der Waals surface area contributed by atoms with Gasteiger partial charge in [0.15, 0.2) is 0 Å². The predicted molar refractivity (Wildman–Crippen MR) is 52.4 cm³/mol. The highest BCUT2D eigenvalue weighted by atomic mass is 16.6. The molecule has 0 atom stereocenters. The summed E-state index contributed by atoms with van der Waals surface area (Å²) in [6.07, 6.45) is 0.574. The largest absolute Gasteiger partial charge is 0.496 e. The lowest BCUT2D eigenvalue weighted by molar-refractivity contribution is -0.384. The Kier molecular flexibility index (Phi) is 3.41. The molecule has 0 aliphatic rings. The highest BCUT2D eigenvalue weighted by molar-refractivity contribution is 5.43. The van der Waals surface area contributed by atoms with Crippen molar-refractivity contribution >= 4 is 5.69 Å². The number of benzene rings is 1. The molecule has 0 heterocycles. The number of ether oxygens (including phenoxy) is 1. The second-order valence-corrected chi connectivity index (χ2v) is 2.79. The van der Waals surface area contributed by atoms with Crippen molar-refractivity contribution in [1.82, 2.24) is 0 Å². The lowest BCUT2D eigenvalue weighted by Gasteiger charge is -2.06. The maximum atomic E-state index is 10.5. The minimum atomic E-state index is -0.431. The van der Waals surface area contributed by atoms with Crippen molar-refractivity contribution in [2.75, 3.05) is 13.7 Å². The van der Waals surface area contributed by atoms with Crippen molar-refractivity contribution in [2.45, 2.75) is 6.42 Å². The van der Waals surface area contributed by atoms with Crippen LogP contribution in [0.3, 0.4) is 0 Å². The molecule has 14 heavy (non-hydrogen) atoms. The number of methoxy groups -OCH3 is 1. The number of hydrogen-bond donors (Lipinski definition) is 1. The van der Waals surface area contributed by atoms with E-state index in [1.54, 1.807) is 6.07 Å². The lowest BCUT2D eigenvalue weighted by Crippen LogP contribution is -2.04. The lowest BCUT2D eigenvalue weighted by atomic mass is 10.1. The Balaban J connectivity index is 3.07. The van der Waals surface area contributed by atoms with Crippen molar-refractivity contribution < 1.29 is 9.66 Å². The molecule has 0 radical (unpaired) electrons. The fourth-order valence-corrected chi connectivity index (χ4v) is 1.23. The fraction of sp³-hybridized carbons (Fsp3) is 0.333. The molecule has 5 heteroatoms. The van der Waals surface area contributed by atoms with Crippen LogP contribution in [0.2, 0.25) is 0 Å². The molecule has 76 valence electrons. The smallest absolute Gasteiger partial charge is 0.269 e. The van der Waals surface area contributed by atoms with Gasteiger partial charge in [-0.15, -0.1) is 0 Å². The molecular weight excluding hydrogens is 184 g/mol. The van der Waals surface area contributed by atoms with Crippen molar-refractivity contribution in [3.8, 4) is 5.75 Å². The number of nitrogens with zero attached hydrogens (tertiary/aromatic N) is 1. The zero-order valence-corrected chi connectivity index (χ0v) is 7.90. The van der Waals surface area contributed by atoms with Crippen LogP contribution in [-0.2, 0) is 6.42 Å². The van der Waals surface area contributed by atoms with Crippen LogP contribution in [0.15, 0.2) is 18.2 Å². The quantitative estimate of drug-likeness (QED) is 0.577. The summed E-state index contributed by atoms with van der Waals surface area (Å²) in [4.78, 5) is 10.1. The summed E-state index contributed by atoms with van der Waals surface area (Å²) in [5.74, 6) is 0.640. The minimum Gasteiger partial charge on any atom is -0.496 e. The average Bonchev–Trinajstić information content (AvgIpc) is 2.18. The Morgan fingerprint density at radius 2 is 2.29 bits per heavy atom. The van der Waals surface area contributed by atoms with Gasteiger partial charge in [-0.1, -0.05) is 0 Å². The molecule has 0 spiro atoms.